The molecule has 12 atom stereocenters. The number of fused-ring (bicyclic) bond motifs is 2. The Balaban J connectivity index is 1.39. The van der Waals surface area contributed by atoms with Crippen LogP contribution in [-0.4, -0.2) is 76.5 Å². The molecule has 1 unspecified atom stereocenters. The van der Waals surface area contributed by atoms with Crippen LogP contribution in [0.25, 0.3) is 0 Å². The summed E-state index contributed by atoms with van der Waals surface area (Å²) in [6.45, 7) is 15.3. The number of carbonyl (C=O) groups is 1. The summed E-state index contributed by atoms with van der Waals surface area (Å²) in [6.07, 6.45) is 2.96. The molecule has 7 nitrogen and oxygen atoms in total. The van der Waals surface area contributed by atoms with E-state index in [1.54, 1.807) is 27.7 Å². The van der Waals surface area contributed by atoms with E-state index in [9.17, 15) is 15.0 Å². The zero-order valence-corrected chi connectivity index (χ0v) is 28.1. The molecule has 2 spiro atoms. The number of rotatable bonds is 7. The van der Waals surface area contributed by atoms with Crippen LogP contribution < -0.4 is 0 Å². The number of hydrogen-bond donors (Lipinski definition) is 3. The third-order valence-corrected chi connectivity index (χ3v) is 15.3. The molecule has 0 bridgehead atoms. The highest BCUT2D eigenvalue weighted by Gasteiger charge is 2.90. The Kier molecular flexibility index (Phi) is 7.39. The molecule has 6 fully saturated rings. The second-order valence-electron chi connectivity index (χ2n) is 17.5. The highest BCUT2D eigenvalue weighted by molar-refractivity contribution is 5.71. The van der Waals surface area contributed by atoms with Crippen molar-refractivity contribution in [3.63, 3.8) is 0 Å². The molecular weight excluding hydrogens is 570 g/mol. The van der Waals surface area contributed by atoms with Crippen LogP contribution in [0.3, 0.4) is 0 Å². The molecule has 0 aromatic carbocycles. The Labute approximate surface area is 261 Å². The summed E-state index contributed by atoms with van der Waals surface area (Å²) >= 11 is 0. The summed E-state index contributed by atoms with van der Waals surface area (Å²) in [6, 6.07) is 0. The quantitative estimate of drug-likeness (QED) is 0.253. The second kappa shape index (κ2) is 9.83. The van der Waals surface area contributed by atoms with E-state index in [1.165, 1.54) is 0 Å². The third kappa shape index (κ3) is 3.97. The minimum atomic E-state index is -2.88. The van der Waals surface area contributed by atoms with Crippen LogP contribution in [-0.2, 0) is 19.0 Å². The highest BCUT2D eigenvalue weighted by Crippen LogP contribution is 2.92. The summed E-state index contributed by atoms with van der Waals surface area (Å²) in [4.78, 5) is 13.1. The van der Waals surface area contributed by atoms with E-state index in [0.717, 1.165) is 25.7 Å². The van der Waals surface area contributed by atoms with E-state index in [4.69, 9.17) is 19.3 Å². The van der Waals surface area contributed by atoms with Gasteiger partial charge in [-0.3, -0.25) is 0 Å². The van der Waals surface area contributed by atoms with Gasteiger partial charge in [-0.15, -0.1) is 0 Å². The van der Waals surface area contributed by atoms with E-state index in [-0.39, 0.29) is 71.8 Å². The summed E-state index contributed by atoms with van der Waals surface area (Å²) in [5.74, 6) is -3.83. The summed E-state index contributed by atoms with van der Waals surface area (Å²) in [5.41, 5.74) is -4.10. The molecule has 6 aliphatic rings. The molecule has 0 aromatic rings. The van der Waals surface area contributed by atoms with Gasteiger partial charge in [-0.05, 0) is 99.2 Å². The van der Waals surface area contributed by atoms with Crippen molar-refractivity contribution in [3.8, 4) is 0 Å². The zero-order valence-electron chi connectivity index (χ0n) is 28.1. The maximum absolute atomic E-state index is 15.8. The molecule has 0 aromatic heterocycles. The van der Waals surface area contributed by atoms with Crippen molar-refractivity contribution in [3.05, 3.63) is 0 Å². The van der Waals surface area contributed by atoms with Crippen LogP contribution in [0.1, 0.15) is 107 Å². The van der Waals surface area contributed by atoms with E-state index in [1.807, 2.05) is 0 Å². The molecule has 3 N–H and O–H groups in total. The molecule has 252 valence electrons. The van der Waals surface area contributed by atoms with Gasteiger partial charge in [-0.1, -0.05) is 34.6 Å². The van der Waals surface area contributed by atoms with Gasteiger partial charge in [-0.25, -0.2) is 13.6 Å². The van der Waals surface area contributed by atoms with Crippen LogP contribution in [0.4, 0.5) is 8.78 Å². The van der Waals surface area contributed by atoms with Crippen molar-refractivity contribution in [1.82, 2.24) is 0 Å². The van der Waals surface area contributed by atoms with Crippen molar-refractivity contribution in [2.45, 2.75) is 142 Å². The normalized spacial score (nSPS) is 52.0. The predicted molar refractivity (Wildman–Crippen MR) is 160 cm³/mol. The topological polar surface area (TPSA) is 105 Å². The molecule has 44 heavy (non-hydrogen) atoms. The Morgan fingerprint density at radius 3 is 2.25 bits per heavy atom. The first kappa shape index (κ1) is 33.0. The van der Waals surface area contributed by atoms with E-state index >= 15 is 8.78 Å². The lowest BCUT2D eigenvalue weighted by atomic mass is 9.41. The van der Waals surface area contributed by atoms with Crippen LogP contribution in [0.2, 0.25) is 0 Å². The fraction of sp³-hybridized carbons (Fsp3) is 0.971. The van der Waals surface area contributed by atoms with Crippen LogP contribution >= 0.6 is 0 Å². The second-order valence-corrected chi connectivity index (χ2v) is 17.5. The van der Waals surface area contributed by atoms with Gasteiger partial charge in [0.25, 0.3) is 5.92 Å². The van der Waals surface area contributed by atoms with Crippen molar-refractivity contribution in [2.24, 2.45) is 50.7 Å². The number of esters is 1. The van der Waals surface area contributed by atoms with Crippen molar-refractivity contribution in [2.75, 3.05) is 19.8 Å². The maximum Gasteiger partial charge on any atom is 0.332 e. The molecule has 0 radical (unpaired) electrons. The lowest BCUT2D eigenvalue weighted by Crippen LogP contribution is -2.64. The van der Waals surface area contributed by atoms with Crippen LogP contribution in [0.15, 0.2) is 0 Å². The average Bonchev–Trinajstić information content (AvgIpc) is 3.11. The van der Waals surface area contributed by atoms with Gasteiger partial charge in [0.2, 0.25) is 0 Å². The molecule has 6 rings (SSSR count). The zero-order chi connectivity index (χ0) is 32.5. The predicted octanol–water partition coefficient (Wildman–Crippen LogP) is 5.52. The number of ether oxygens (including phenoxy) is 3. The number of alkyl halides is 2. The van der Waals surface area contributed by atoms with Crippen LogP contribution in [0, 0.1) is 50.7 Å². The van der Waals surface area contributed by atoms with Gasteiger partial charge >= 0.3 is 5.97 Å². The van der Waals surface area contributed by atoms with Gasteiger partial charge in [0.05, 0.1) is 36.6 Å². The number of halogens is 2. The summed E-state index contributed by atoms with van der Waals surface area (Å²) < 4.78 is 49.7. The Morgan fingerprint density at radius 2 is 1.64 bits per heavy atom. The summed E-state index contributed by atoms with van der Waals surface area (Å²) in [7, 11) is 0. The summed E-state index contributed by atoms with van der Waals surface area (Å²) in [5, 5.41) is 31.9. The molecule has 5 aliphatic carbocycles. The largest absolute Gasteiger partial charge is 0.460 e. The third-order valence-electron chi connectivity index (χ3n) is 15.3. The van der Waals surface area contributed by atoms with E-state index in [0.29, 0.717) is 19.3 Å². The Bertz CT molecular complexity index is 1170. The van der Waals surface area contributed by atoms with Crippen molar-refractivity contribution < 1.29 is 43.1 Å². The molecule has 9 heteroatoms. The number of aliphatic hydroxyl groups is 3. The minimum absolute atomic E-state index is 0.00430. The first-order valence-electron chi connectivity index (χ1n) is 17.0. The lowest BCUT2D eigenvalue weighted by Gasteiger charge is -2.64. The molecule has 1 heterocycles. The van der Waals surface area contributed by atoms with Gasteiger partial charge in [0, 0.05) is 23.7 Å². The first-order valence-corrected chi connectivity index (χ1v) is 17.0. The maximum atomic E-state index is 15.8. The average molecular weight is 627 g/mol. The lowest BCUT2D eigenvalue weighted by molar-refractivity contribution is -0.252. The van der Waals surface area contributed by atoms with E-state index < -0.39 is 46.6 Å². The first-order chi connectivity index (χ1) is 20.2. The smallest absolute Gasteiger partial charge is 0.332 e. The number of hydrogen-bond acceptors (Lipinski definition) is 7. The van der Waals surface area contributed by atoms with Gasteiger partial charge in [0.15, 0.2) is 0 Å². The van der Waals surface area contributed by atoms with E-state index in [2.05, 4.69) is 27.7 Å². The van der Waals surface area contributed by atoms with Gasteiger partial charge in [-0.2, -0.15) is 0 Å². The fourth-order valence-electron chi connectivity index (χ4n) is 13.3. The van der Waals surface area contributed by atoms with Crippen LogP contribution in [0.5, 0.6) is 0 Å². The Morgan fingerprint density at radius 1 is 0.977 bits per heavy atom. The molecule has 1 saturated heterocycles. The molecular formula is C35H56F2O7. The standard InChI is InChI=1S/C35H56F2O7/c1-20-33-12-11-30(6)26(32(8)10-9-24(44-32)29(4,5)41)21(39)18-31(30,7)23(33)17-22(43-25(40)19-42-16-15-38)27-28(2,3)35(36,37)14-13-34(20,27)33/h20-24,26-27,38-39,41H,9-19H2,1-8H3/t20-,21-,22-,23-,24-,26-,27-,30+,31-,32-,33-,34?/m0/s1. The van der Waals surface area contributed by atoms with Crippen molar-refractivity contribution >= 4 is 5.97 Å². The van der Waals surface area contributed by atoms with Gasteiger partial charge < -0.3 is 29.5 Å². The highest BCUT2D eigenvalue weighted by atomic mass is 19.3. The van der Waals surface area contributed by atoms with Crippen molar-refractivity contribution in [1.29, 1.82) is 0 Å². The fourth-order valence-corrected chi connectivity index (χ4v) is 13.3. The minimum Gasteiger partial charge on any atom is -0.460 e. The molecule has 0 amide bonds. The SMILES string of the molecule is C[C@@H]1C23CCC(F)(F)C(C)(C)[C@@H]2[C@@H](OC(=O)COCCO)C[C@@H]2[C@]13CC[C@]1(C)[C@@H]([C@]3(C)CC[C@@H](C(C)(C)O)O3)[C@@H](O)C[C@@]21C. The number of aliphatic hydroxyl groups excluding tert-OH is 2. The molecule has 1 aliphatic heterocycles. The monoisotopic (exact) mass is 626 g/mol. The van der Waals surface area contributed by atoms with Gasteiger partial charge in [0.1, 0.15) is 12.7 Å². The Hall–Kier alpha value is -0.870. The molecule has 5 saturated carbocycles. The number of carbonyl (C=O) groups excluding carboxylic acids is 1.